The van der Waals surface area contributed by atoms with Crippen LogP contribution >= 0.6 is 15.9 Å². The number of aliphatic hydroxyl groups is 1. The minimum absolute atomic E-state index is 0.225. The van der Waals surface area contributed by atoms with Crippen molar-refractivity contribution in [1.82, 2.24) is 14.9 Å². The van der Waals surface area contributed by atoms with Gasteiger partial charge >= 0.3 is 0 Å². The van der Waals surface area contributed by atoms with E-state index in [-0.39, 0.29) is 12.5 Å². The number of piperidine rings is 1. The molecular formula is C27H29BrN4O3. The van der Waals surface area contributed by atoms with Gasteiger partial charge in [0.25, 0.3) is 0 Å². The Balaban J connectivity index is 1.22. The summed E-state index contributed by atoms with van der Waals surface area (Å²) in [6, 6.07) is 18.1. The van der Waals surface area contributed by atoms with Crippen LogP contribution in [0, 0.1) is 18.4 Å². The first-order valence-corrected chi connectivity index (χ1v) is 12.5. The third-order valence-corrected chi connectivity index (χ3v) is 6.49. The maximum atomic E-state index is 10.5. The number of halogens is 1. The van der Waals surface area contributed by atoms with Crippen LogP contribution in [-0.4, -0.2) is 52.3 Å². The molecule has 0 bridgehead atoms. The van der Waals surface area contributed by atoms with Crippen molar-refractivity contribution >= 4 is 27.6 Å². The van der Waals surface area contributed by atoms with Crippen molar-refractivity contribution in [3.8, 4) is 24.2 Å². The molecule has 0 saturated carbocycles. The summed E-state index contributed by atoms with van der Waals surface area (Å²) in [6.07, 6.45) is 11.7. The molecule has 1 aliphatic heterocycles. The average molecular weight is 537 g/mol. The quantitative estimate of drug-likeness (QED) is 0.365. The summed E-state index contributed by atoms with van der Waals surface area (Å²) >= 11 is 3.29. The lowest BCUT2D eigenvalue weighted by atomic mass is 9.90. The standard InChI is InChI=1S/C27H29BrN4O3/c1-2-34-26-25(28)17-29-27(31-26)30-22-9-6-10-24(16-22)35-19-23(33)18-32-13-11-21(12-14-32)15-20-7-4-3-5-8-20/h1,3-10,16-17,21,23,33H,11-15,18-19H2,(H,29,30,31)/t23-/m1/s1. The highest BCUT2D eigenvalue weighted by atomic mass is 79.9. The molecule has 1 aromatic heterocycles. The molecule has 0 spiro atoms. The van der Waals surface area contributed by atoms with Gasteiger partial charge in [0, 0.05) is 18.3 Å². The molecule has 182 valence electrons. The summed E-state index contributed by atoms with van der Waals surface area (Å²) in [5.74, 6) is 1.95. The fourth-order valence-corrected chi connectivity index (χ4v) is 4.47. The zero-order valence-electron chi connectivity index (χ0n) is 19.4. The number of rotatable bonds is 10. The Labute approximate surface area is 214 Å². The molecule has 0 aliphatic carbocycles. The summed E-state index contributed by atoms with van der Waals surface area (Å²) in [5, 5.41) is 13.6. The van der Waals surface area contributed by atoms with E-state index in [0.717, 1.165) is 38.0 Å². The number of likely N-dealkylation sites (tertiary alicyclic amines) is 1. The number of hydrogen-bond donors (Lipinski definition) is 2. The fraction of sp³-hybridized carbons (Fsp3) is 0.333. The molecule has 0 amide bonds. The average Bonchev–Trinajstić information content (AvgIpc) is 2.87. The van der Waals surface area contributed by atoms with E-state index in [9.17, 15) is 5.11 Å². The molecule has 7 nitrogen and oxygen atoms in total. The number of terminal acetylenes is 1. The summed E-state index contributed by atoms with van der Waals surface area (Å²) in [6.45, 7) is 2.85. The van der Waals surface area contributed by atoms with Crippen LogP contribution in [0.5, 0.6) is 11.6 Å². The van der Waals surface area contributed by atoms with Crippen LogP contribution in [0.4, 0.5) is 11.6 Å². The highest BCUT2D eigenvalue weighted by molar-refractivity contribution is 9.10. The number of nitrogens with zero attached hydrogens (tertiary/aromatic N) is 3. The molecule has 4 rings (SSSR count). The Morgan fingerprint density at radius 1 is 1.17 bits per heavy atom. The number of hydrogen-bond acceptors (Lipinski definition) is 7. The molecule has 0 radical (unpaired) electrons. The van der Waals surface area contributed by atoms with E-state index in [1.54, 1.807) is 6.20 Å². The van der Waals surface area contributed by atoms with Gasteiger partial charge in [0.2, 0.25) is 11.8 Å². The molecule has 2 N–H and O–H groups in total. The third kappa shape index (κ3) is 7.69. The first kappa shape index (κ1) is 25.0. The van der Waals surface area contributed by atoms with Crippen LogP contribution in [0.25, 0.3) is 0 Å². The second-order valence-corrected chi connectivity index (χ2v) is 9.47. The van der Waals surface area contributed by atoms with Crippen molar-refractivity contribution in [3.05, 3.63) is 70.8 Å². The lowest BCUT2D eigenvalue weighted by Gasteiger charge is -2.33. The van der Waals surface area contributed by atoms with Crippen molar-refractivity contribution in [3.63, 3.8) is 0 Å². The molecule has 0 unspecified atom stereocenters. The Kier molecular flexibility index (Phi) is 8.96. The first-order chi connectivity index (χ1) is 17.1. The summed E-state index contributed by atoms with van der Waals surface area (Å²) in [4.78, 5) is 10.8. The van der Waals surface area contributed by atoms with Gasteiger partial charge in [0.05, 0.1) is 10.7 Å². The zero-order chi connectivity index (χ0) is 24.5. The molecular weight excluding hydrogens is 508 g/mol. The van der Waals surface area contributed by atoms with Crippen molar-refractivity contribution in [1.29, 1.82) is 0 Å². The highest BCUT2D eigenvalue weighted by Gasteiger charge is 2.21. The Hall–Kier alpha value is -3.12. The van der Waals surface area contributed by atoms with Gasteiger partial charge in [0.1, 0.15) is 24.6 Å². The van der Waals surface area contributed by atoms with Gasteiger partial charge < -0.3 is 24.8 Å². The van der Waals surface area contributed by atoms with Crippen LogP contribution in [0.2, 0.25) is 0 Å². The van der Waals surface area contributed by atoms with Crippen LogP contribution in [0.15, 0.2) is 65.3 Å². The van der Waals surface area contributed by atoms with Crippen LogP contribution < -0.4 is 14.8 Å². The van der Waals surface area contributed by atoms with Gasteiger partial charge in [-0.05, 0) is 71.9 Å². The molecule has 1 saturated heterocycles. The number of benzene rings is 2. The maximum absolute atomic E-state index is 10.5. The Morgan fingerprint density at radius 2 is 1.97 bits per heavy atom. The number of anilines is 2. The molecule has 1 aliphatic rings. The predicted octanol–water partition coefficient (Wildman–Crippen LogP) is 4.65. The molecule has 2 aromatic carbocycles. The van der Waals surface area contributed by atoms with Gasteiger partial charge in [-0.15, -0.1) is 0 Å². The van der Waals surface area contributed by atoms with E-state index in [4.69, 9.17) is 15.9 Å². The van der Waals surface area contributed by atoms with E-state index in [2.05, 4.69) is 72.6 Å². The summed E-state index contributed by atoms with van der Waals surface area (Å²) in [5.41, 5.74) is 2.15. The largest absolute Gasteiger partial charge is 0.491 e. The van der Waals surface area contributed by atoms with Crippen LogP contribution in [0.3, 0.4) is 0 Å². The second kappa shape index (κ2) is 12.5. The zero-order valence-corrected chi connectivity index (χ0v) is 21.0. The van der Waals surface area contributed by atoms with Crippen molar-refractivity contribution in [2.45, 2.75) is 25.4 Å². The molecule has 8 heteroatoms. The van der Waals surface area contributed by atoms with Crippen molar-refractivity contribution in [2.75, 3.05) is 31.6 Å². The second-order valence-electron chi connectivity index (χ2n) is 8.62. The molecule has 3 aromatic rings. The molecule has 2 heterocycles. The van der Waals surface area contributed by atoms with E-state index < -0.39 is 6.10 Å². The van der Waals surface area contributed by atoms with Crippen LogP contribution in [-0.2, 0) is 6.42 Å². The number of nitrogens with one attached hydrogen (secondary N) is 1. The number of β-amino-alcohol motifs (C(OH)–C–C–N with tert-alkyl or cyclic N) is 1. The summed E-state index contributed by atoms with van der Waals surface area (Å²) in [7, 11) is 0. The number of aliphatic hydroxyl groups excluding tert-OH is 1. The molecule has 1 atom stereocenters. The predicted molar refractivity (Wildman–Crippen MR) is 140 cm³/mol. The number of aromatic nitrogens is 2. The van der Waals surface area contributed by atoms with Gasteiger partial charge in [-0.3, -0.25) is 0 Å². The van der Waals surface area contributed by atoms with Gasteiger partial charge in [0.15, 0.2) is 0 Å². The Morgan fingerprint density at radius 3 is 2.74 bits per heavy atom. The minimum atomic E-state index is -0.560. The minimum Gasteiger partial charge on any atom is -0.491 e. The monoisotopic (exact) mass is 536 g/mol. The first-order valence-electron chi connectivity index (χ1n) is 11.7. The Bertz CT molecular complexity index is 1130. The molecule has 1 fully saturated rings. The van der Waals surface area contributed by atoms with E-state index in [1.807, 2.05) is 24.3 Å². The summed E-state index contributed by atoms with van der Waals surface area (Å²) < 4.78 is 11.4. The van der Waals surface area contributed by atoms with Gasteiger partial charge in [-0.2, -0.15) is 4.98 Å². The lowest BCUT2D eigenvalue weighted by Crippen LogP contribution is -2.41. The van der Waals surface area contributed by atoms with E-state index >= 15 is 0 Å². The fourth-order valence-electron chi connectivity index (χ4n) is 4.20. The van der Waals surface area contributed by atoms with Crippen molar-refractivity contribution in [2.24, 2.45) is 5.92 Å². The van der Waals surface area contributed by atoms with E-state index in [0.29, 0.717) is 28.6 Å². The topological polar surface area (TPSA) is 79.7 Å². The van der Waals surface area contributed by atoms with E-state index in [1.165, 1.54) is 5.56 Å². The van der Waals surface area contributed by atoms with Gasteiger partial charge in [-0.1, -0.05) is 42.8 Å². The molecule has 35 heavy (non-hydrogen) atoms. The third-order valence-electron chi connectivity index (χ3n) is 5.94. The highest BCUT2D eigenvalue weighted by Crippen LogP contribution is 2.25. The van der Waals surface area contributed by atoms with Crippen LogP contribution in [0.1, 0.15) is 18.4 Å². The van der Waals surface area contributed by atoms with Gasteiger partial charge in [-0.25, -0.2) is 4.98 Å². The SMILES string of the molecule is C#COc1nc(Nc2cccc(OC[C@H](O)CN3CCC(Cc4ccccc4)CC3)c2)ncc1Br. The normalized spacial score (nSPS) is 15.2. The lowest BCUT2D eigenvalue weighted by molar-refractivity contribution is 0.0551. The van der Waals surface area contributed by atoms with Crippen molar-refractivity contribution < 1.29 is 14.6 Å². The smallest absolute Gasteiger partial charge is 0.249 e. The number of ether oxygens (including phenoxy) is 2. The maximum Gasteiger partial charge on any atom is 0.249 e.